The first-order valence-corrected chi connectivity index (χ1v) is 12.1. The summed E-state index contributed by atoms with van der Waals surface area (Å²) in [5.74, 6) is -1.59. The van der Waals surface area contributed by atoms with Gasteiger partial charge < -0.3 is 14.4 Å². The molecule has 1 aromatic heterocycles. The zero-order chi connectivity index (χ0) is 25.4. The van der Waals surface area contributed by atoms with Gasteiger partial charge in [-0.3, -0.25) is 14.5 Å². The molecule has 0 spiro atoms. The minimum absolute atomic E-state index is 0.0150. The highest BCUT2D eigenvalue weighted by atomic mass is 16.3. The van der Waals surface area contributed by atoms with E-state index in [9.17, 15) is 14.7 Å². The summed E-state index contributed by atoms with van der Waals surface area (Å²) in [5, 5.41) is 11.8. The van der Waals surface area contributed by atoms with Gasteiger partial charge in [0.2, 0.25) is 5.78 Å². The molecule has 0 saturated heterocycles. The fourth-order valence-electron chi connectivity index (χ4n) is 4.93. The highest BCUT2D eigenvalue weighted by Gasteiger charge is 2.45. The molecule has 1 unspecified atom stereocenters. The van der Waals surface area contributed by atoms with Crippen LogP contribution in [-0.4, -0.2) is 29.9 Å². The van der Waals surface area contributed by atoms with E-state index in [2.05, 4.69) is 18.7 Å². The van der Waals surface area contributed by atoms with Crippen molar-refractivity contribution >= 4 is 34.0 Å². The first kappa shape index (κ1) is 23.4. The largest absolute Gasteiger partial charge is 0.503 e. The zero-order valence-electron chi connectivity index (χ0n) is 20.6. The molecule has 0 radical (unpaired) electrons. The van der Waals surface area contributed by atoms with E-state index >= 15 is 0 Å². The number of fused-ring (bicyclic) bond motifs is 1. The van der Waals surface area contributed by atoms with E-state index in [4.69, 9.17) is 4.42 Å². The molecule has 6 heteroatoms. The third kappa shape index (κ3) is 3.85. The van der Waals surface area contributed by atoms with Crippen molar-refractivity contribution in [1.82, 2.24) is 0 Å². The maximum Gasteiger partial charge on any atom is 0.294 e. The molecule has 0 aliphatic carbocycles. The Morgan fingerprint density at radius 3 is 2.31 bits per heavy atom. The number of Topliss-reactive ketones (excluding diaryl/α,β-unsaturated/α-hetero) is 1. The molecule has 5 rings (SSSR count). The van der Waals surface area contributed by atoms with Crippen LogP contribution in [0.1, 0.15) is 41.6 Å². The number of ketones is 1. The number of amides is 1. The summed E-state index contributed by atoms with van der Waals surface area (Å²) in [6.07, 6.45) is 0. The Labute approximate surface area is 210 Å². The topological polar surface area (TPSA) is 74.0 Å². The first-order valence-electron chi connectivity index (χ1n) is 12.1. The lowest BCUT2D eigenvalue weighted by atomic mass is 9.92. The van der Waals surface area contributed by atoms with Crippen LogP contribution in [0.5, 0.6) is 0 Å². The summed E-state index contributed by atoms with van der Waals surface area (Å²) >= 11 is 0. The minimum atomic E-state index is -0.793. The van der Waals surface area contributed by atoms with Gasteiger partial charge in [0.15, 0.2) is 11.5 Å². The van der Waals surface area contributed by atoms with Crippen LogP contribution < -0.4 is 9.80 Å². The number of hydrogen-bond donors (Lipinski definition) is 1. The van der Waals surface area contributed by atoms with Gasteiger partial charge in [-0.05, 0) is 68.3 Å². The quantitative estimate of drug-likeness (QED) is 0.311. The Morgan fingerprint density at radius 2 is 1.64 bits per heavy atom. The van der Waals surface area contributed by atoms with Crippen molar-refractivity contribution in [2.24, 2.45) is 0 Å². The number of hydrogen-bond acceptors (Lipinski definition) is 5. The summed E-state index contributed by atoms with van der Waals surface area (Å²) in [5.41, 5.74) is 3.90. The molecule has 1 aliphatic heterocycles. The lowest BCUT2D eigenvalue weighted by Crippen LogP contribution is -2.31. The normalized spacial score (nSPS) is 15.7. The minimum Gasteiger partial charge on any atom is -0.503 e. The van der Waals surface area contributed by atoms with E-state index in [-0.39, 0.29) is 11.3 Å². The number of aliphatic hydroxyl groups is 1. The Morgan fingerprint density at radius 1 is 0.972 bits per heavy atom. The first-order chi connectivity index (χ1) is 17.4. The van der Waals surface area contributed by atoms with E-state index in [0.29, 0.717) is 11.3 Å². The Balaban J connectivity index is 1.62. The van der Waals surface area contributed by atoms with Crippen LogP contribution in [0.15, 0.2) is 94.6 Å². The van der Waals surface area contributed by atoms with E-state index in [1.807, 2.05) is 73.7 Å². The smallest absolute Gasteiger partial charge is 0.294 e. The maximum atomic E-state index is 13.8. The molecule has 0 bridgehead atoms. The number of carbonyl (C=O) groups is 2. The predicted molar refractivity (Wildman–Crippen MR) is 142 cm³/mol. The van der Waals surface area contributed by atoms with Crippen molar-refractivity contribution in [2.45, 2.75) is 26.8 Å². The lowest BCUT2D eigenvalue weighted by molar-refractivity contribution is -0.117. The molecule has 1 aliphatic rings. The summed E-state index contributed by atoms with van der Waals surface area (Å²) < 4.78 is 5.82. The van der Waals surface area contributed by atoms with E-state index < -0.39 is 23.5 Å². The van der Waals surface area contributed by atoms with E-state index in [1.165, 1.54) is 4.90 Å². The second-order valence-electron chi connectivity index (χ2n) is 8.86. The van der Waals surface area contributed by atoms with Gasteiger partial charge >= 0.3 is 0 Å². The predicted octanol–water partition coefficient (Wildman–Crippen LogP) is 6.37. The maximum absolute atomic E-state index is 13.8. The fraction of sp³-hybridized carbons (Fsp3) is 0.200. The number of rotatable bonds is 7. The molecule has 36 heavy (non-hydrogen) atoms. The van der Waals surface area contributed by atoms with Crippen LogP contribution in [0.3, 0.4) is 0 Å². The second kappa shape index (κ2) is 9.38. The molecule has 3 aromatic carbocycles. The van der Waals surface area contributed by atoms with Gasteiger partial charge in [-0.25, -0.2) is 0 Å². The standard InChI is InChI=1S/C30H28N2O4/c1-4-31(5-2)21-14-16-22(17-15-21)32-27(23-12-8-6-10-19(23)3)26(29(34)30(32)35)28(33)25-18-20-11-7-9-13-24(20)36-25/h6-18,27,34H,4-5H2,1-3H3. The van der Waals surface area contributed by atoms with Crippen molar-refractivity contribution in [2.75, 3.05) is 22.9 Å². The fourth-order valence-corrected chi connectivity index (χ4v) is 4.93. The molecule has 1 atom stereocenters. The summed E-state index contributed by atoms with van der Waals surface area (Å²) in [4.78, 5) is 31.0. The molecular weight excluding hydrogens is 452 g/mol. The van der Waals surface area contributed by atoms with Crippen LogP contribution in [0.4, 0.5) is 11.4 Å². The van der Waals surface area contributed by atoms with Gasteiger partial charge in [-0.2, -0.15) is 0 Å². The van der Waals surface area contributed by atoms with Crippen molar-refractivity contribution in [3.05, 3.63) is 107 Å². The Bertz CT molecular complexity index is 1450. The number of para-hydroxylation sites is 1. The van der Waals surface area contributed by atoms with Crippen molar-refractivity contribution in [3.63, 3.8) is 0 Å². The van der Waals surface area contributed by atoms with Gasteiger partial charge in [0, 0.05) is 29.9 Å². The molecule has 1 N–H and O–H groups in total. The van der Waals surface area contributed by atoms with Gasteiger partial charge in [0.25, 0.3) is 5.91 Å². The Hall–Kier alpha value is -4.32. The van der Waals surface area contributed by atoms with Gasteiger partial charge in [-0.1, -0.05) is 42.5 Å². The zero-order valence-corrected chi connectivity index (χ0v) is 20.6. The number of carbonyl (C=O) groups excluding carboxylic acids is 2. The second-order valence-corrected chi connectivity index (χ2v) is 8.86. The molecule has 2 heterocycles. The van der Waals surface area contributed by atoms with E-state index in [1.54, 1.807) is 12.1 Å². The average Bonchev–Trinajstić information content (AvgIpc) is 3.44. The monoisotopic (exact) mass is 480 g/mol. The third-order valence-electron chi connectivity index (χ3n) is 6.84. The van der Waals surface area contributed by atoms with Crippen LogP contribution in [0, 0.1) is 6.92 Å². The van der Waals surface area contributed by atoms with Gasteiger partial charge in [0.05, 0.1) is 11.6 Å². The number of benzene rings is 3. The molecule has 1 amide bonds. The van der Waals surface area contributed by atoms with Gasteiger partial charge in [-0.15, -0.1) is 0 Å². The summed E-state index contributed by atoms with van der Waals surface area (Å²) in [6, 6.07) is 23.4. The molecule has 4 aromatic rings. The van der Waals surface area contributed by atoms with Crippen LogP contribution >= 0.6 is 0 Å². The number of furan rings is 1. The number of aryl methyl sites for hydroxylation is 1. The molecule has 182 valence electrons. The molecule has 6 nitrogen and oxygen atoms in total. The number of nitrogens with zero attached hydrogens (tertiary/aromatic N) is 2. The highest BCUT2D eigenvalue weighted by molar-refractivity contribution is 6.20. The van der Waals surface area contributed by atoms with E-state index in [0.717, 1.165) is 35.3 Å². The van der Waals surface area contributed by atoms with Crippen LogP contribution in [-0.2, 0) is 4.79 Å². The number of anilines is 2. The van der Waals surface area contributed by atoms with Gasteiger partial charge in [0.1, 0.15) is 5.58 Å². The van der Waals surface area contributed by atoms with Crippen LogP contribution in [0.25, 0.3) is 11.0 Å². The van der Waals surface area contributed by atoms with Crippen molar-refractivity contribution < 1.29 is 19.1 Å². The average molecular weight is 481 g/mol. The number of aliphatic hydroxyl groups excluding tert-OH is 1. The molecular formula is C30H28N2O4. The Kier molecular flexibility index (Phi) is 6.10. The summed E-state index contributed by atoms with van der Waals surface area (Å²) in [7, 11) is 0. The highest BCUT2D eigenvalue weighted by Crippen LogP contribution is 2.43. The van der Waals surface area contributed by atoms with Crippen molar-refractivity contribution in [1.29, 1.82) is 0 Å². The third-order valence-corrected chi connectivity index (χ3v) is 6.84. The summed E-state index contributed by atoms with van der Waals surface area (Å²) in [6.45, 7) is 7.84. The molecule has 0 fully saturated rings. The lowest BCUT2D eigenvalue weighted by Gasteiger charge is -2.28. The SMILES string of the molecule is CCN(CC)c1ccc(N2C(=O)C(O)=C(C(=O)c3cc4ccccc4o3)C2c2ccccc2C)cc1. The molecule has 0 saturated carbocycles. The van der Waals surface area contributed by atoms with Crippen LogP contribution in [0.2, 0.25) is 0 Å². The van der Waals surface area contributed by atoms with Crippen molar-refractivity contribution in [3.8, 4) is 0 Å².